The highest BCUT2D eigenvalue weighted by Crippen LogP contribution is 2.29. The summed E-state index contributed by atoms with van der Waals surface area (Å²) in [5.74, 6) is -1.71. The first-order valence-corrected chi connectivity index (χ1v) is 6.22. The zero-order valence-electron chi connectivity index (χ0n) is 11.0. The molecule has 0 amide bonds. The second-order valence-electron chi connectivity index (χ2n) is 4.01. The second kappa shape index (κ2) is 6.51. The number of ketones is 1. The van der Waals surface area contributed by atoms with Crippen molar-refractivity contribution in [2.24, 2.45) is 0 Å². The zero-order chi connectivity index (χ0) is 15.4. The van der Waals surface area contributed by atoms with E-state index in [0.29, 0.717) is 0 Å². The lowest BCUT2D eigenvalue weighted by molar-refractivity contribution is 0.0501. The van der Waals surface area contributed by atoms with E-state index in [9.17, 15) is 14.3 Å². The van der Waals surface area contributed by atoms with Crippen LogP contribution in [0, 0.1) is 5.82 Å². The number of nitrogens with zero attached hydrogens (tertiary/aromatic N) is 1. The van der Waals surface area contributed by atoms with E-state index in [-0.39, 0.29) is 34.6 Å². The lowest BCUT2D eigenvalue weighted by Crippen LogP contribution is -2.09. The van der Waals surface area contributed by atoms with Gasteiger partial charge in [0, 0.05) is 19.4 Å². The molecule has 2 rings (SSSR count). The van der Waals surface area contributed by atoms with E-state index in [2.05, 4.69) is 4.98 Å². The molecule has 2 aromatic rings. The summed E-state index contributed by atoms with van der Waals surface area (Å²) in [5, 5.41) is 9.44. The van der Waals surface area contributed by atoms with Gasteiger partial charge in [-0.05, 0) is 18.2 Å². The van der Waals surface area contributed by atoms with Crippen LogP contribution in [0.4, 0.5) is 4.39 Å². The second-order valence-corrected chi connectivity index (χ2v) is 4.42. The Morgan fingerprint density at radius 2 is 2.24 bits per heavy atom. The number of methoxy groups -OCH3 is 1. The van der Waals surface area contributed by atoms with Crippen molar-refractivity contribution in [1.29, 1.82) is 0 Å². The fraction of sp³-hybridized carbons (Fsp3) is 0.143. The van der Waals surface area contributed by atoms with E-state index in [0.717, 1.165) is 12.1 Å². The molecule has 1 N–H and O–H groups in total. The van der Waals surface area contributed by atoms with Crippen molar-refractivity contribution in [1.82, 2.24) is 4.98 Å². The van der Waals surface area contributed by atoms with Gasteiger partial charge in [0.25, 0.3) is 0 Å². The molecule has 0 atom stereocenters. The predicted molar refractivity (Wildman–Crippen MR) is 73.2 cm³/mol. The minimum atomic E-state index is -0.732. The predicted octanol–water partition coefficient (Wildman–Crippen LogP) is 2.79. The topological polar surface area (TPSA) is 68.7 Å². The molecule has 5 nitrogen and oxygen atoms in total. The molecule has 1 aromatic heterocycles. The van der Waals surface area contributed by atoms with Crippen molar-refractivity contribution in [3.8, 4) is 11.5 Å². The number of carbonyl (C=O) groups excluding carboxylic acids is 1. The van der Waals surface area contributed by atoms with Crippen LogP contribution in [0.5, 0.6) is 11.5 Å². The molecule has 0 radical (unpaired) electrons. The first-order valence-electron chi connectivity index (χ1n) is 5.84. The lowest BCUT2D eigenvalue weighted by atomic mass is 10.1. The summed E-state index contributed by atoms with van der Waals surface area (Å²) >= 11 is 5.69. The number of ether oxygens (including phenoxy) is 2. The highest BCUT2D eigenvalue weighted by atomic mass is 35.5. The normalized spacial score (nSPS) is 10.4. The van der Waals surface area contributed by atoms with Gasteiger partial charge in [-0.3, -0.25) is 4.79 Å². The molecular weight excluding hydrogens is 301 g/mol. The largest absolute Gasteiger partial charge is 0.506 e. The Morgan fingerprint density at radius 3 is 2.90 bits per heavy atom. The van der Waals surface area contributed by atoms with Gasteiger partial charge in [-0.2, -0.15) is 0 Å². The van der Waals surface area contributed by atoms with Crippen molar-refractivity contribution in [2.75, 3.05) is 13.9 Å². The van der Waals surface area contributed by atoms with Crippen LogP contribution in [0.15, 0.2) is 30.5 Å². The van der Waals surface area contributed by atoms with Crippen molar-refractivity contribution >= 4 is 17.4 Å². The van der Waals surface area contributed by atoms with Crippen LogP contribution in [-0.2, 0) is 4.74 Å². The molecule has 0 spiro atoms. The van der Waals surface area contributed by atoms with Crippen LogP contribution in [0.1, 0.15) is 16.1 Å². The SMILES string of the molecule is COCOc1cc(F)c(Cl)cc1C(=O)c1ncccc1O. The molecular formula is C14H11ClFNO4. The van der Waals surface area contributed by atoms with E-state index in [1.807, 2.05) is 0 Å². The summed E-state index contributed by atoms with van der Waals surface area (Å²) in [4.78, 5) is 16.2. The highest BCUT2D eigenvalue weighted by molar-refractivity contribution is 6.31. The minimum Gasteiger partial charge on any atom is -0.506 e. The molecule has 0 bridgehead atoms. The number of carbonyl (C=O) groups is 1. The molecule has 1 aromatic carbocycles. The first-order chi connectivity index (χ1) is 10.0. The van der Waals surface area contributed by atoms with E-state index in [1.165, 1.54) is 25.4 Å². The third-order valence-corrected chi connectivity index (χ3v) is 2.89. The summed E-state index contributed by atoms with van der Waals surface area (Å²) in [6, 6.07) is 4.90. The molecule has 0 saturated heterocycles. The molecule has 0 unspecified atom stereocenters. The fourth-order valence-corrected chi connectivity index (χ4v) is 1.81. The number of hydrogen-bond donors (Lipinski definition) is 1. The van der Waals surface area contributed by atoms with E-state index >= 15 is 0 Å². The van der Waals surface area contributed by atoms with E-state index in [1.54, 1.807) is 0 Å². The van der Waals surface area contributed by atoms with Crippen molar-refractivity contribution in [3.63, 3.8) is 0 Å². The summed E-state index contributed by atoms with van der Waals surface area (Å²) in [6.07, 6.45) is 1.35. The summed E-state index contributed by atoms with van der Waals surface area (Å²) in [5.41, 5.74) is -0.199. The van der Waals surface area contributed by atoms with Gasteiger partial charge in [0.2, 0.25) is 5.78 Å². The maximum atomic E-state index is 13.5. The summed E-state index contributed by atoms with van der Waals surface area (Å²) in [7, 11) is 1.39. The maximum absolute atomic E-state index is 13.5. The average molecular weight is 312 g/mol. The van der Waals surface area contributed by atoms with Crippen molar-refractivity contribution in [3.05, 3.63) is 52.6 Å². The van der Waals surface area contributed by atoms with Gasteiger partial charge in [-0.15, -0.1) is 0 Å². The summed E-state index contributed by atoms with van der Waals surface area (Å²) < 4.78 is 23.4. The first kappa shape index (κ1) is 15.2. The Kier molecular flexibility index (Phi) is 4.72. The van der Waals surface area contributed by atoms with E-state index in [4.69, 9.17) is 21.1 Å². The number of benzene rings is 1. The molecule has 21 heavy (non-hydrogen) atoms. The lowest BCUT2D eigenvalue weighted by Gasteiger charge is -2.11. The van der Waals surface area contributed by atoms with Gasteiger partial charge in [0.05, 0.1) is 10.6 Å². The van der Waals surface area contributed by atoms with Gasteiger partial charge in [0.15, 0.2) is 12.5 Å². The third-order valence-electron chi connectivity index (χ3n) is 2.60. The Labute approximate surface area is 124 Å². The molecule has 0 fully saturated rings. The van der Waals surface area contributed by atoms with Crippen LogP contribution >= 0.6 is 11.6 Å². The van der Waals surface area contributed by atoms with Gasteiger partial charge >= 0.3 is 0 Å². The summed E-state index contributed by atoms with van der Waals surface area (Å²) in [6.45, 7) is -0.171. The maximum Gasteiger partial charge on any atom is 0.218 e. The van der Waals surface area contributed by atoms with Crippen LogP contribution < -0.4 is 4.74 Å². The minimum absolute atomic E-state index is 0.0209. The van der Waals surface area contributed by atoms with Gasteiger partial charge in [-0.1, -0.05) is 11.6 Å². The van der Waals surface area contributed by atoms with Crippen molar-refractivity contribution in [2.45, 2.75) is 0 Å². The number of hydrogen-bond acceptors (Lipinski definition) is 5. The molecule has 0 aliphatic carbocycles. The van der Waals surface area contributed by atoms with Crippen LogP contribution in [0.2, 0.25) is 5.02 Å². The highest BCUT2D eigenvalue weighted by Gasteiger charge is 2.21. The van der Waals surface area contributed by atoms with E-state index < -0.39 is 11.6 Å². The fourth-order valence-electron chi connectivity index (χ4n) is 1.65. The average Bonchev–Trinajstić information content (AvgIpc) is 2.48. The van der Waals surface area contributed by atoms with Crippen LogP contribution in [0.25, 0.3) is 0 Å². The molecule has 0 aliphatic rings. The van der Waals surface area contributed by atoms with Gasteiger partial charge < -0.3 is 14.6 Å². The molecule has 1 heterocycles. The number of pyridine rings is 1. The molecule has 110 valence electrons. The molecule has 0 aliphatic heterocycles. The smallest absolute Gasteiger partial charge is 0.218 e. The zero-order valence-corrected chi connectivity index (χ0v) is 11.7. The Morgan fingerprint density at radius 1 is 1.48 bits per heavy atom. The third kappa shape index (κ3) is 3.29. The van der Waals surface area contributed by atoms with Crippen molar-refractivity contribution < 1.29 is 23.8 Å². The molecule has 7 heteroatoms. The monoisotopic (exact) mass is 311 g/mol. The standard InChI is InChI=1S/C14H11ClFNO4/c1-20-7-21-12-6-10(16)9(15)5-8(12)14(19)13-11(18)3-2-4-17-13/h2-6,18H,7H2,1H3. The van der Waals surface area contributed by atoms with Crippen LogP contribution in [0.3, 0.4) is 0 Å². The number of rotatable bonds is 5. The van der Waals surface area contributed by atoms with Crippen LogP contribution in [-0.4, -0.2) is 29.8 Å². The van der Waals surface area contributed by atoms with Gasteiger partial charge in [0.1, 0.15) is 17.3 Å². The van der Waals surface area contributed by atoms with Gasteiger partial charge in [-0.25, -0.2) is 9.37 Å². The Bertz CT molecular complexity index is 678. The Hall–Kier alpha value is -2.18. The quantitative estimate of drug-likeness (QED) is 0.679. The number of aromatic hydroxyl groups is 1. The molecule has 0 saturated carbocycles. The Balaban J connectivity index is 2.49. The number of aromatic nitrogens is 1. The number of halogens is 2.